The molecule has 0 amide bonds. The molecule has 0 radical (unpaired) electrons. The molecular weight excluding hydrogens is 448 g/mol. The molecule has 36 heavy (non-hydrogen) atoms. The van der Waals surface area contributed by atoms with Gasteiger partial charge in [-0.15, -0.1) is 0 Å². The second-order valence-corrected chi connectivity index (χ2v) is 9.36. The van der Waals surface area contributed by atoms with Gasteiger partial charge in [0.2, 0.25) is 0 Å². The molecule has 0 unspecified atom stereocenters. The van der Waals surface area contributed by atoms with Crippen LogP contribution in [-0.2, 0) is 11.3 Å². The van der Waals surface area contributed by atoms with Crippen LogP contribution in [0.1, 0.15) is 34.3 Å². The first kappa shape index (κ1) is 22.2. The van der Waals surface area contributed by atoms with Crippen LogP contribution < -0.4 is 0 Å². The van der Waals surface area contributed by atoms with Gasteiger partial charge in [0.05, 0.1) is 5.56 Å². The molecule has 1 saturated heterocycles. The predicted octanol–water partition coefficient (Wildman–Crippen LogP) is 6.31. The van der Waals surface area contributed by atoms with E-state index in [-0.39, 0.29) is 5.56 Å². The van der Waals surface area contributed by atoms with Crippen molar-refractivity contribution in [1.29, 1.82) is 0 Å². The Morgan fingerprint density at radius 2 is 1.89 bits per heavy atom. The Labute approximate surface area is 209 Å². The fourth-order valence-electron chi connectivity index (χ4n) is 5.13. The van der Waals surface area contributed by atoms with Crippen LogP contribution in [0.2, 0.25) is 0 Å². The molecule has 1 aliphatic rings. The average Bonchev–Trinajstić information content (AvgIpc) is 3.54. The van der Waals surface area contributed by atoms with Crippen molar-refractivity contribution < 1.29 is 14.6 Å². The molecule has 5 aromatic rings. The summed E-state index contributed by atoms with van der Waals surface area (Å²) in [7, 11) is 0. The van der Waals surface area contributed by atoms with E-state index in [4.69, 9.17) is 4.74 Å². The number of benzene rings is 3. The Bertz CT molecular complexity index is 1640. The Morgan fingerprint density at radius 1 is 1.00 bits per heavy atom. The maximum absolute atomic E-state index is 12.1. The van der Waals surface area contributed by atoms with E-state index < -0.39 is 5.97 Å². The summed E-state index contributed by atoms with van der Waals surface area (Å²) in [4.78, 5) is 15.3. The lowest BCUT2D eigenvalue weighted by molar-refractivity contribution is 0.0616. The largest absolute Gasteiger partial charge is 0.478 e. The highest BCUT2D eigenvalue weighted by molar-refractivity contribution is 5.99. The minimum absolute atomic E-state index is 0.244. The lowest BCUT2D eigenvalue weighted by Gasteiger charge is -2.22. The van der Waals surface area contributed by atoms with Crippen LogP contribution in [0.5, 0.6) is 0 Å². The van der Waals surface area contributed by atoms with Gasteiger partial charge in [-0.05, 0) is 78.2 Å². The fourth-order valence-corrected chi connectivity index (χ4v) is 5.13. The number of fused-ring (bicyclic) bond motifs is 2. The molecule has 178 valence electrons. The van der Waals surface area contributed by atoms with E-state index in [1.54, 1.807) is 12.1 Å². The first-order valence-electron chi connectivity index (χ1n) is 12.3. The highest BCUT2D eigenvalue weighted by atomic mass is 16.5. The van der Waals surface area contributed by atoms with Gasteiger partial charge in [0.25, 0.3) is 0 Å². The average molecular weight is 475 g/mol. The number of carboxylic acid groups (broad SMARTS) is 1. The van der Waals surface area contributed by atoms with E-state index in [1.165, 1.54) is 5.52 Å². The Balaban J connectivity index is 1.35. The second kappa shape index (κ2) is 9.41. The molecule has 5 nitrogen and oxygen atoms in total. The summed E-state index contributed by atoms with van der Waals surface area (Å²) >= 11 is 0. The van der Waals surface area contributed by atoms with Crippen LogP contribution in [0.15, 0.2) is 79.1 Å². The lowest BCUT2D eigenvalue weighted by atomic mass is 9.93. The van der Waals surface area contributed by atoms with Gasteiger partial charge in [-0.25, -0.2) is 4.79 Å². The molecule has 1 aliphatic heterocycles. The first-order valence-corrected chi connectivity index (χ1v) is 12.3. The second-order valence-electron chi connectivity index (χ2n) is 9.36. The third-order valence-corrected chi connectivity index (χ3v) is 7.05. The van der Waals surface area contributed by atoms with Crippen molar-refractivity contribution in [2.45, 2.75) is 19.4 Å². The number of hydrogen-bond acceptors (Lipinski definition) is 2. The SMILES string of the molecule is O=C(O)c1cccc(C#Cc2ccc3c(ccn3CC3CCOCC3)c2)c1-c1ccc2cc[nH]c2c1. The van der Waals surface area contributed by atoms with Crippen LogP contribution in [0.25, 0.3) is 32.9 Å². The maximum Gasteiger partial charge on any atom is 0.336 e. The van der Waals surface area contributed by atoms with Crippen LogP contribution in [0, 0.1) is 17.8 Å². The number of carboxylic acids is 1. The van der Waals surface area contributed by atoms with Gasteiger partial charge >= 0.3 is 5.97 Å². The Morgan fingerprint density at radius 3 is 2.75 bits per heavy atom. The fraction of sp³-hybridized carbons (Fsp3) is 0.194. The van der Waals surface area contributed by atoms with Gasteiger partial charge in [-0.1, -0.05) is 30.0 Å². The summed E-state index contributed by atoms with van der Waals surface area (Å²) in [6.07, 6.45) is 6.25. The molecule has 2 aromatic heterocycles. The van der Waals surface area contributed by atoms with Gasteiger partial charge < -0.3 is 19.4 Å². The van der Waals surface area contributed by atoms with Crippen molar-refractivity contribution in [3.05, 3.63) is 95.8 Å². The van der Waals surface area contributed by atoms with Gasteiger partial charge in [0, 0.05) is 65.3 Å². The van der Waals surface area contributed by atoms with Crippen molar-refractivity contribution in [3.63, 3.8) is 0 Å². The molecule has 0 saturated carbocycles. The molecular formula is C31H26N2O3. The van der Waals surface area contributed by atoms with Crippen molar-refractivity contribution in [3.8, 4) is 23.0 Å². The number of carbonyl (C=O) groups is 1. The summed E-state index contributed by atoms with van der Waals surface area (Å²) in [5, 5.41) is 12.1. The quantitative estimate of drug-likeness (QED) is 0.300. The molecule has 1 fully saturated rings. The molecule has 0 spiro atoms. The van der Waals surface area contributed by atoms with Crippen LogP contribution in [0.3, 0.4) is 0 Å². The summed E-state index contributed by atoms with van der Waals surface area (Å²) < 4.78 is 7.83. The normalized spacial score (nSPS) is 14.1. The summed E-state index contributed by atoms with van der Waals surface area (Å²) in [5.41, 5.74) is 5.47. The molecule has 0 atom stereocenters. The lowest BCUT2D eigenvalue weighted by Crippen LogP contribution is -2.19. The van der Waals surface area contributed by atoms with Crippen molar-refractivity contribution >= 4 is 27.8 Å². The monoisotopic (exact) mass is 474 g/mol. The van der Waals surface area contributed by atoms with E-state index in [9.17, 15) is 9.90 Å². The van der Waals surface area contributed by atoms with Gasteiger partial charge in [-0.3, -0.25) is 0 Å². The predicted molar refractivity (Wildman–Crippen MR) is 142 cm³/mol. The Kier molecular flexibility index (Phi) is 5.80. The molecule has 3 heterocycles. The number of ether oxygens (including phenoxy) is 1. The standard InChI is InChI=1S/C31H26N2O3/c34-31(35)27-3-1-2-24(30(27)26-8-7-23-10-14-32-28(23)19-26)6-4-21-5-9-29-25(18-21)11-15-33(29)20-22-12-16-36-17-13-22/h1-3,5,7-11,14-15,18-19,22,32H,12-13,16-17,20H2,(H,34,35). The molecule has 0 bridgehead atoms. The third-order valence-electron chi connectivity index (χ3n) is 7.05. The minimum Gasteiger partial charge on any atom is -0.478 e. The first-order chi connectivity index (χ1) is 17.7. The third kappa shape index (κ3) is 4.28. The highest BCUT2D eigenvalue weighted by Crippen LogP contribution is 2.30. The number of hydrogen-bond donors (Lipinski definition) is 2. The molecule has 3 aromatic carbocycles. The number of aromatic carboxylic acids is 1. The van der Waals surface area contributed by atoms with Crippen LogP contribution >= 0.6 is 0 Å². The summed E-state index contributed by atoms with van der Waals surface area (Å²) in [6.45, 7) is 2.72. The minimum atomic E-state index is -0.965. The zero-order chi connectivity index (χ0) is 24.5. The van der Waals surface area contributed by atoms with E-state index in [0.29, 0.717) is 17.0 Å². The van der Waals surface area contributed by atoms with Crippen LogP contribution in [-0.4, -0.2) is 33.8 Å². The van der Waals surface area contributed by atoms with Crippen molar-refractivity contribution in [2.75, 3.05) is 13.2 Å². The number of aromatic amines is 1. The van der Waals surface area contributed by atoms with E-state index in [0.717, 1.165) is 60.0 Å². The topological polar surface area (TPSA) is 67.2 Å². The zero-order valence-electron chi connectivity index (χ0n) is 19.8. The smallest absolute Gasteiger partial charge is 0.336 e. The van der Waals surface area contributed by atoms with E-state index >= 15 is 0 Å². The number of nitrogens with one attached hydrogen (secondary N) is 1. The maximum atomic E-state index is 12.1. The number of H-pyrrole nitrogens is 1. The van der Waals surface area contributed by atoms with Crippen molar-refractivity contribution in [2.24, 2.45) is 5.92 Å². The van der Waals surface area contributed by atoms with E-state index in [1.807, 2.05) is 42.6 Å². The Hall–Kier alpha value is -4.27. The van der Waals surface area contributed by atoms with Crippen molar-refractivity contribution in [1.82, 2.24) is 9.55 Å². The molecule has 5 heteroatoms. The van der Waals surface area contributed by atoms with Gasteiger partial charge in [-0.2, -0.15) is 0 Å². The summed E-state index contributed by atoms with van der Waals surface area (Å²) in [6, 6.07) is 21.6. The number of nitrogens with zero attached hydrogens (tertiary/aromatic N) is 1. The van der Waals surface area contributed by atoms with E-state index in [2.05, 4.69) is 45.8 Å². The molecule has 6 rings (SSSR count). The molecule has 2 N–H and O–H groups in total. The van der Waals surface area contributed by atoms with Crippen LogP contribution in [0.4, 0.5) is 0 Å². The number of aromatic nitrogens is 2. The number of rotatable bonds is 4. The van der Waals surface area contributed by atoms with Gasteiger partial charge in [0.15, 0.2) is 0 Å². The zero-order valence-corrected chi connectivity index (χ0v) is 19.8. The van der Waals surface area contributed by atoms with Gasteiger partial charge in [0.1, 0.15) is 0 Å². The highest BCUT2D eigenvalue weighted by Gasteiger charge is 2.17. The summed E-state index contributed by atoms with van der Waals surface area (Å²) in [5.74, 6) is 6.22. The molecule has 0 aliphatic carbocycles.